The summed E-state index contributed by atoms with van der Waals surface area (Å²) in [5.74, 6) is -1.18. The molecule has 3 aliphatic rings. The maximum Gasteiger partial charge on any atom is 1.00 e. The van der Waals surface area contributed by atoms with Crippen LogP contribution in [0, 0.1) is 28.1 Å². The Labute approximate surface area is 250 Å². The summed E-state index contributed by atoms with van der Waals surface area (Å²) in [5, 5.41) is 13.5. The molecule has 1 aromatic rings. The van der Waals surface area contributed by atoms with Crippen molar-refractivity contribution in [2.24, 2.45) is 28.1 Å². The van der Waals surface area contributed by atoms with Crippen molar-refractivity contribution in [3.63, 3.8) is 0 Å². The number of hydrogen-bond donors (Lipinski definition) is 3. The molecule has 39 heavy (non-hydrogen) atoms. The number of amides is 2. The molecule has 8 atom stereocenters. The fourth-order valence-corrected chi connectivity index (χ4v) is 7.48. The summed E-state index contributed by atoms with van der Waals surface area (Å²) in [4.78, 5) is 58.7. The Kier molecular flexibility index (Phi) is 9.35. The zero-order valence-corrected chi connectivity index (χ0v) is 25.7. The van der Waals surface area contributed by atoms with Crippen LogP contribution in [-0.2, 0) is 14.1 Å². The Balaban J connectivity index is 0.00000420. The zero-order valence-electron chi connectivity index (χ0n) is 22.8. The van der Waals surface area contributed by atoms with E-state index >= 15 is 0 Å². The number of phosphoric ester groups is 1. The first-order valence-corrected chi connectivity index (χ1v) is 14.3. The number of benzene rings is 1. The van der Waals surface area contributed by atoms with E-state index < -0.39 is 42.9 Å². The minimum absolute atomic E-state index is 0. The molecule has 0 aromatic heterocycles. The van der Waals surface area contributed by atoms with Crippen molar-refractivity contribution >= 4 is 25.6 Å². The zero-order chi connectivity index (χ0) is 28.1. The molecular weight excluding hydrogens is 536 g/mol. The Bertz CT molecular complexity index is 1190. The third kappa shape index (κ3) is 6.08. The summed E-state index contributed by atoms with van der Waals surface area (Å²) in [5.41, 5.74) is -1.82. The second-order valence-corrected chi connectivity index (χ2v) is 12.8. The van der Waals surface area contributed by atoms with E-state index in [1.165, 1.54) is 12.1 Å². The van der Waals surface area contributed by atoms with E-state index in [4.69, 9.17) is 9.63 Å². The number of nitrogens with one attached hydrogen (secondary N) is 1. The Morgan fingerprint density at radius 2 is 1.85 bits per heavy atom. The summed E-state index contributed by atoms with van der Waals surface area (Å²) >= 11 is 0. The predicted octanol–water partition coefficient (Wildman–Crippen LogP) is 0.514. The Morgan fingerprint density at radius 1 is 1.21 bits per heavy atom. The van der Waals surface area contributed by atoms with Gasteiger partial charge in [0.05, 0.1) is 6.10 Å². The van der Waals surface area contributed by atoms with Gasteiger partial charge >= 0.3 is 43.5 Å². The molecule has 1 aromatic carbocycles. The van der Waals surface area contributed by atoms with Gasteiger partial charge in [0, 0.05) is 28.7 Å². The monoisotopic (exact) mass is 571 g/mol. The van der Waals surface area contributed by atoms with Crippen LogP contribution >= 0.6 is 7.82 Å². The number of rotatable bonds is 5. The number of aliphatic hydroxyl groups is 1. The quantitative estimate of drug-likeness (QED) is 0.260. The van der Waals surface area contributed by atoms with Crippen LogP contribution in [0.5, 0.6) is 5.75 Å². The molecule has 0 radical (unpaired) electrons. The standard InChI is InChI=1S/C27H36NO9P.Na/c1-5-25(3)15-21(26(4)16(2)10-12-27(14-20(25)30)13-11-19(29)22(26)27)36-24(32)28-23(31)17-6-8-18(9-7-17)37-38(33,34)35;/h5-9,16,20-22,30H,1,10-15H2,2-4H3,(H,28,31,32)(H2,33,34,35);/q;+1/p-1/t16-,20+,21-,22+,25-,26+,27?;/m1./s1. The molecular formula is C27H35NNaO9P. The van der Waals surface area contributed by atoms with Crippen LogP contribution in [0.15, 0.2) is 36.9 Å². The fourth-order valence-electron chi connectivity index (χ4n) is 7.09. The Hall–Kier alpha value is -1.52. The molecule has 3 saturated carbocycles. The van der Waals surface area contributed by atoms with Gasteiger partial charge in [-0.05, 0) is 67.7 Å². The van der Waals surface area contributed by atoms with Crippen molar-refractivity contribution in [1.82, 2.24) is 5.32 Å². The topological polar surface area (TPSA) is 162 Å². The van der Waals surface area contributed by atoms with Crippen molar-refractivity contribution in [1.29, 1.82) is 0 Å². The molecule has 0 aliphatic heterocycles. The van der Waals surface area contributed by atoms with Crippen LogP contribution in [-0.4, -0.2) is 40.0 Å². The molecule has 3 N–H and O–H groups in total. The number of carbonyl (C=O) groups excluding carboxylic acids is 3. The number of Topliss-reactive ketones (excluding diaryl/α,β-unsaturated/α-hetero) is 1. The molecule has 0 heterocycles. The molecule has 3 aliphatic carbocycles. The molecule has 0 spiro atoms. The van der Waals surface area contributed by atoms with Gasteiger partial charge in [-0.2, -0.15) is 0 Å². The van der Waals surface area contributed by atoms with Gasteiger partial charge in [0.25, 0.3) is 5.91 Å². The second-order valence-electron chi connectivity index (χ2n) is 11.6. The second kappa shape index (κ2) is 11.4. The largest absolute Gasteiger partial charge is 1.00 e. The first-order valence-electron chi connectivity index (χ1n) is 12.8. The number of alkyl carbamates (subject to hydrolysis) is 1. The van der Waals surface area contributed by atoms with Gasteiger partial charge in [0.1, 0.15) is 17.6 Å². The molecule has 0 saturated heterocycles. The van der Waals surface area contributed by atoms with Crippen LogP contribution in [0.3, 0.4) is 0 Å². The number of hydrogen-bond acceptors (Lipinski definition) is 8. The van der Waals surface area contributed by atoms with E-state index in [1.54, 1.807) is 6.08 Å². The molecule has 12 heteroatoms. The summed E-state index contributed by atoms with van der Waals surface area (Å²) in [7, 11) is -5.00. The van der Waals surface area contributed by atoms with Crippen LogP contribution in [0.1, 0.15) is 69.7 Å². The van der Waals surface area contributed by atoms with Crippen molar-refractivity contribution in [3.8, 4) is 5.75 Å². The minimum Gasteiger partial charge on any atom is -0.746 e. The summed E-state index contributed by atoms with van der Waals surface area (Å²) in [6.45, 7) is 9.88. The predicted molar refractivity (Wildman–Crippen MR) is 135 cm³/mol. The molecule has 2 amide bonds. The van der Waals surface area contributed by atoms with E-state index in [0.717, 1.165) is 25.0 Å². The molecule has 2 unspecified atom stereocenters. The van der Waals surface area contributed by atoms with Gasteiger partial charge in [-0.15, -0.1) is 6.58 Å². The number of carbonyl (C=O) groups is 3. The average Bonchev–Trinajstić information content (AvgIpc) is 3.16. The van der Waals surface area contributed by atoms with Crippen molar-refractivity contribution in [2.45, 2.75) is 71.5 Å². The van der Waals surface area contributed by atoms with Gasteiger partial charge in [0.2, 0.25) is 0 Å². The van der Waals surface area contributed by atoms with Crippen LogP contribution in [0.25, 0.3) is 0 Å². The third-order valence-electron chi connectivity index (χ3n) is 9.51. The average molecular weight is 572 g/mol. The van der Waals surface area contributed by atoms with Gasteiger partial charge in [0.15, 0.2) is 0 Å². The minimum atomic E-state index is -5.00. The molecule has 4 rings (SSSR count). The van der Waals surface area contributed by atoms with E-state index in [0.29, 0.717) is 19.3 Å². The summed E-state index contributed by atoms with van der Waals surface area (Å²) < 4.78 is 21.2. The maximum absolute atomic E-state index is 13.3. The normalized spacial score (nSPS) is 37.1. The maximum atomic E-state index is 13.3. The van der Waals surface area contributed by atoms with E-state index in [2.05, 4.69) is 23.3 Å². The number of aliphatic hydroxyl groups excluding tert-OH is 1. The van der Waals surface area contributed by atoms with Gasteiger partial charge < -0.3 is 24.2 Å². The molecule has 3 fully saturated rings. The Morgan fingerprint density at radius 3 is 2.44 bits per heavy atom. The summed E-state index contributed by atoms with van der Waals surface area (Å²) in [6.07, 6.45) is 2.65. The van der Waals surface area contributed by atoms with Crippen LogP contribution in [0.2, 0.25) is 0 Å². The molecule has 2 bridgehead atoms. The first-order chi connectivity index (χ1) is 17.6. The fraction of sp³-hybridized carbons (Fsp3) is 0.593. The van der Waals surface area contributed by atoms with E-state index in [9.17, 15) is 28.9 Å². The van der Waals surface area contributed by atoms with E-state index in [-0.39, 0.29) is 70.3 Å². The number of ether oxygens (including phenoxy) is 1. The van der Waals surface area contributed by atoms with Gasteiger partial charge in [-0.1, -0.05) is 26.8 Å². The van der Waals surface area contributed by atoms with Crippen molar-refractivity contribution < 1.29 is 72.7 Å². The number of ketones is 1. The van der Waals surface area contributed by atoms with Crippen molar-refractivity contribution in [2.75, 3.05) is 0 Å². The first kappa shape index (κ1) is 32.0. The van der Waals surface area contributed by atoms with Crippen LogP contribution < -0.4 is 44.3 Å². The van der Waals surface area contributed by atoms with Gasteiger partial charge in [-0.3, -0.25) is 19.5 Å². The third-order valence-corrected chi connectivity index (χ3v) is 9.95. The molecule has 10 nitrogen and oxygen atoms in total. The molecule has 208 valence electrons. The SMILES string of the molecule is C=C[C@]1(C)C[C@@H](OC(=O)NC(=O)c2ccc(OP(=O)([O-])O)cc2)[C@]2(C)[C@H](C)CCC3(CCC(=O)[C@H]32)C[C@@H]1O.[Na+]. The summed E-state index contributed by atoms with van der Waals surface area (Å²) in [6, 6.07) is 4.76. The smallest absolute Gasteiger partial charge is 0.746 e. The van der Waals surface area contributed by atoms with Gasteiger partial charge in [-0.25, -0.2) is 4.79 Å². The number of phosphoric acid groups is 1. The van der Waals surface area contributed by atoms with E-state index in [1.807, 2.05) is 13.8 Å². The number of imide groups is 1. The van der Waals surface area contributed by atoms with Crippen LogP contribution in [0.4, 0.5) is 4.79 Å². The van der Waals surface area contributed by atoms with Crippen molar-refractivity contribution in [3.05, 3.63) is 42.5 Å².